The molecule has 0 aliphatic heterocycles. The van der Waals surface area contributed by atoms with E-state index in [1.807, 2.05) is 13.8 Å². The highest BCUT2D eigenvalue weighted by atomic mass is 16.5. The van der Waals surface area contributed by atoms with Crippen LogP contribution >= 0.6 is 0 Å². The molecule has 0 aliphatic carbocycles. The van der Waals surface area contributed by atoms with Crippen molar-refractivity contribution in [2.45, 2.75) is 57.8 Å². The zero-order chi connectivity index (χ0) is 12.1. The van der Waals surface area contributed by atoms with Crippen LogP contribution in [0.25, 0.3) is 0 Å². The minimum absolute atomic E-state index is 0.112. The Morgan fingerprint density at radius 2 is 1.67 bits per heavy atom. The summed E-state index contributed by atoms with van der Waals surface area (Å²) in [6.45, 7) is 8.19. The second-order valence-corrected chi connectivity index (χ2v) is 5.03. The summed E-state index contributed by atoms with van der Waals surface area (Å²) in [7, 11) is 3.43. The number of methoxy groups -OCH3 is 2. The monoisotopic (exact) mass is 218 g/mol. The fraction of sp³-hybridized carbons (Fsp3) is 1.00. The molecule has 0 aromatic carbocycles. The molecule has 0 aromatic heterocycles. The van der Waals surface area contributed by atoms with Gasteiger partial charge < -0.3 is 9.47 Å². The third-order valence-corrected chi connectivity index (χ3v) is 3.15. The van der Waals surface area contributed by atoms with Crippen LogP contribution in [0.5, 0.6) is 0 Å². The van der Waals surface area contributed by atoms with Crippen molar-refractivity contribution in [3.63, 3.8) is 0 Å². The van der Waals surface area contributed by atoms with E-state index in [4.69, 9.17) is 15.3 Å². The quantitative estimate of drug-likeness (QED) is 0.501. The van der Waals surface area contributed by atoms with Gasteiger partial charge in [0.15, 0.2) is 0 Å². The van der Waals surface area contributed by atoms with Crippen LogP contribution in [0.15, 0.2) is 0 Å². The fourth-order valence-electron chi connectivity index (χ4n) is 1.37. The van der Waals surface area contributed by atoms with Gasteiger partial charge in [0.2, 0.25) is 0 Å². The number of ether oxygens (including phenoxy) is 2. The first kappa shape index (κ1) is 14.8. The Morgan fingerprint density at radius 3 is 2.00 bits per heavy atom. The lowest BCUT2D eigenvalue weighted by Gasteiger charge is -2.34. The van der Waals surface area contributed by atoms with Crippen LogP contribution < -0.4 is 11.3 Å². The summed E-state index contributed by atoms with van der Waals surface area (Å²) in [6.07, 6.45) is 1.85. The van der Waals surface area contributed by atoms with E-state index in [2.05, 4.69) is 19.3 Å². The Labute approximate surface area is 93.5 Å². The van der Waals surface area contributed by atoms with Crippen molar-refractivity contribution in [3.05, 3.63) is 0 Å². The molecule has 0 heterocycles. The second-order valence-electron chi connectivity index (χ2n) is 5.03. The number of hydrogen-bond acceptors (Lipinski definition) is 4. The molecule has 0 amide bonds. The molecule has 4 nitrogen and oxygen atoms in total. The van der Waals surface area contributed by atoms with Crippen LogP contribution in [0, 0.1) is 0 Å². The summed E-state index contributed by atoms with van der Waals surface area (Å²) >= 11 is 0. The highest BCUT2D eigenvalue weighted by Gasteiger charge is 2.30. The molecule has 0 aliphatic rings. The molecule has 0 spiro atoms. The molecule has 3 N–H and O–H groups in total. The van der Waals surface area contributed by atoms with E-state index < -0.39 is 0 Å². The minimum atomic E-state index is -0.265. The Morgan fingerprint density at radius 1 is 1.13 bits per heavy atom. The smallest absolute Gasteiger partial charge is 0.0788 e. The molecule has 0 rings (SSSR count). The molecule has 0 radical (unpaired) electrons. The average molecular weight is 218 g/mol. The van der Waals surface area contributed by atoms with Crippen molar-refractivity contribution < 1.29 is 9.47 Å². The fourth-order valence-corrected chi connectivity index (χ4v) is 1.37. The first-order chi connectivity index (χ1) is 6.79. The van der Waals surface area contributed by atoms with Crippen molar-refractivity contribution in [2.75, 3.05) is 14.2 Å². The molecule has 0 bridgehead atoms. The molecular formula is C11H26N2O2. The van der Waals surface area contributed by atoms with E-state index in [0.717, 1.165) is 12.8 Å². The van der Waals surface area contributed by atoms with Crippen molar-refractivity contribution in [3.8, 4) is 0 Å². The van der Waals surface area contributed by atoms with Gasteiger partial charge in [-0.05, 0) is 40.5 Å². The third-order valence-electron chi connectivity index (χ3n) is 3.15. The summed E-state index contributed by atoms with van der Waals surface area (Å²) in [6, 6.07) is 0.122. The topological polar surface area (TPSA) is 56.5 Å². The number of hydrazine groups is 1. The Hall–Kier alpha value is -0.160. The van der Waals surface area contributed by atoms with Gasteiger partial charge in [-0.3, -0.25) is 11.3 Å². The standard InChI is InChI=1S/C11H26N2O2/c1-10(2,14-5)8-7-9(13-12)11(3,4)15-6/h9,13H,7-8,12H2,1-6H3. The van der Waals surface area contributed by atoms with Crippen molar-refractivity contribution in [1.29, 1.82) is 0 Å². The Kier molecular flexibility index (Phi) is 5.73. The predicted octanol–water partition coefficient (Wildman–Crippen LogP) is 1.45. The number of nitrogens with two attached hydrogens (primary N) is 1. The van der Waals surface area contributed by atoms with Gasteiger partial charge in [0.05, 0.1) is 11.2 Å². The van der Waals surface area contributed by atoms with Crippen molar-refractivity contribution >= 4 is 0 Å². The molecule has 92 valence electrons. The van der Waals surface area contributed by atoms with Gasteiger partial charge in [-0.2, -0.15) is 0 Å². The molecule has 1 unspecified atom stereocenters. The number of hydrogen-bond donors (Lipinski definition) is 2. The van der Waals surface area contributed by atoms with Crippen LogP contribution in [0.2, 0.25) is 0 Å². The zero-order valence-electron chi connectivity index (χ0n) is 10.9. The van der Waals surface area contributed by atoms with E-state index >= 15 is 0 Å². The summed E-state index contributed by atoms with van der Waals surface area (Å²) in [5, 5.41) is 0. The van der Waals surface area contributed by atoms with Gasteiger partial charge in [0.25, 0.3) is 0 Å². The van der Waals surface area contributed by atoms with E-state index in [0.29, 0.717) is 0 Å². The van der Waals surface area contributed by atoms with Crippen LogP contribution in [-0.2, 0) is 9.47 Å². The maximum Gasteiger partial charge on any atom is 0.0788 e. The molecule has 0 fully saturated rings. The van der Waals surface area contributed by atoms with Crippen LogP contribution in [-0.4, -0.2) is 31.5 Å². The Balaban J connectivity index is 4.24. The normalized spacial score (nSPS) is 15.4. The summed E-state index contributed by atoms with van der Waals surface area (Å²) < 4.78 is 10.8. The third kappa shape index (κ3) is 4.93. The molecule has 0 saturated heterocycles. The molecule has 1 atom stereocenters. The average Bonchev–Trinajstić information content (AvgIpc) is 2.18. The minimum Gasteiger partial charge on any atom is -0.379 e. The lowest BCUT2D eigenvalue weighted by atomic mass is 9.90. The molecule has 0 saturated carbocycles. The molecule has 0 aromatic rings. The Bertz CT molecular complexity index is 181. The van der Waals surface area contributed by atoms with E-state index in [1.54, 1.807) is 14.2 Å². The number of rotatable bonds is 7. The first-order valence-electron chi connectivity index (χ1n) is 5.35. The van der Waals surface area contributed by atoms with Crippen LogP contribution in [0.3, 0.4) is 0 Å². The highest BCUT2D eigenvalue weighted by molar-refractivity contribution is 4.85. The summed E-state index contributed by atoms with van der Waals surface area (Å²) in [5.74, 6) is 5.53. The predicted molar refractivity (Wildman–Crippen MR) is 62.5 cm³/mol. The molecule has 15 heavy (non-hydrogen) atoms. The molecule has 4 heteroatoms. The zero-order valence-corrected chi connectivity index (χ0v) is 10.9. The molecular weight excluding hydrogens is 192 g/mol. The van der Waals surface area contributed by atoms with Crippen molar-refractivity contribution in [1.82, 2.24) is 5.43 Å². The van der Waals surface area contributed by atoms with Gasteiger partial charge in [-0.1, -0.05) is 0 Å². The van der Waals surface area contributed by atoms with Gasteiger partial charge in [0.1, 0.15) is 0 Å². The second kappa shape index (κ2) is 5.80. The largest absolute Gasteiger partial charge is 0.379 e. The van der Waals surface area contributed by atoms with E-state index in [-0.39, 0.29) is 17.2 Å². The summed E-state index contributed by atoms with van der Waals surface area (Å²) in [4.78, 5) is 0. The van der Waals surface area contributed by atoms with Gasteiger partial charge in [0, 0.05) is 20.3 Å². The van der Waals surface area contributed by atoms with Crippen LogP contribution in [0.4, 0.5) is 0 Å². The van der Waals surface area contributed by atoms with Crippen LogP contribution in [0.1, 0.15) is 40.5 Å². The van der Waals surface area contributed by atoms with E-state index in [9.17, 15) is 0 Å². The maximum absolute atomic E-state index is 5.53. The lowest BCUT2D eigenvalue weighted by molar-refractivity contribution is -0.0290. The van der Waals surface area contributed by atoms with Gasteiger partial charge >= 0.3 is 0 Å². The van der Waals surface area contributed by atoms with E-state index in [1.165, 1.54) is 0 Å². The summed E-state index contributed by atoms with van der Waals surface area (Å²) in [5.41, 5.74) is 2.43. The SMILES string of the molecule is COC(C)(C)CCC(NN)C(C)(C)OC. The lowest BCUT2D eigenvalue weighted by Crippen LogP contribution is -2.51. The highest BCUT2D eigenvalue weighted by Crippen LogP contribution is 2.22. The number of nitrogens with one attached hydrogen (secondary N) is 1. The van der Waals surface area contributed by atoms with Gasteiger partial charge in [-0.25, -0.2) is 0 Å². The first-order valence-corrected chi connectivity index (χ1v) is 5.35. The van der Waals surface area contributed by atoms with Crippen molar-refractivity contribution in [2.24, 2.45) is 5.84 Å². The maximum atomic E-state index is 5.53. The van der Waals surface area contributed by atoms with Gasteiger partial charge in [-0.15, -0.1) is 0 Å².